The third-order valence-electron chi connectivity index (χ3n) is 5.37. The number of carbonyl (C=O) groups excluding carboxylic acids is 3. The molecule has 0 aromatic heterocycles. The van der Waals surface area contributed by atoms with Gasteiger partial charge in [0.25, 0.3) is 0 Å². The van der Waals surface area contributed by atoms with Gasteiger partial charge in [0.2, 0.25) is 18.2 Å². The lowest BCUT2D eigenvalue weighted by molar-refractivity contribution is -0.195. The molecule has 8 heteroatoms. The van der Waals surface area contributed by atoms with Gasteiger partial charge in [-0.15, -0.1) is 0 Å². The van der Waals surface area contributed by atoms with E-state index in [1.54, 1.807) is 23.9 Å². The molecule has 0 saturated carbocycles. The summed E-state index contributed by atoms with van der Waals surface area (Å²) < 4.78 is 0. The Kier molecular flexibility index (Phi) is 11.9. The summed E-state index contributed by atoms with van der Waals surface area (Å²) in [5, 5.41) is 6.11. The number of hydrazine groups is 1. The van der Waals surface area contributed by atoms with Gasteiger partial charge in [-0.1, -0.05) is 51.5 Å². The van der Waals surface area contributed by atoms with Crippen molar-refractivity contribution in [1.82, 2.24) is 25.1 Å². The van der Waals surface area contributed by atoms with Gasteiger partial charge >= 0.3 is 0 Å². The summed E-state index contributed by atoms with van der Waals surface area (Å²) in [6, 6.07) is 7.34. The first-order chi connectivity index (χ1) is 15.3. The van der Waals surface area contributed by atoms with Gasteiger partial charge in [-0.05, 0) is 45.0 Å². The molecule has 2 aliphatic heterocycles. The van der Waals surface area contributed by atoms with Crippen molar-refractivity contribution in [2.24, 2.45) is 0 Å². The zero-order valence-corrected chi connectivity index (χ0v) is 20.8. The molecule has 0 radical (unpaired) electrons. The van der Waals surface area contributed by atoms with Crippen molar-refractivity contribution < 1.29 is 14.4 Å². The van der Waals surface area contributed by atoms with E-state index in [4.69, 9.17) is 0 Å². The minimum atomic E-state index is -0.573. The number of piperazine rings is 1. The Balaban J connectivity index is 0.000000555. The largest absolute Gasteiger partial charge is 0.333 e. The monoisotopic (exact) mass is 447 g/mol. The number of nitrogens with one attached hydrogen (secondary N) is 1. The highest BCUT2D eigenvalue weighted by molar-refractivity contribution is 5.90. The van der Waals surface area contributed by atoms with Crippen molar-refractivity contribution in [1.29, 1.82) is 0 Å². The van der Waals surface area contributed by atoms with Gasteiger partial charge < -0.3 is 15.1 Å². The average molecular weight is 448 g/mol. The number of amides is 3. The van der Waals surface area contributed by atoms with Crippen LogP contribution in [0.4, 0.5) is 0 Å². The van der Waals surface area contributed by atoms with Crippen molar-refractivity contribution in [3.63, 3.8) is 0 Å². The van der Waals surface area contributed by atoms with E-state index in [0.717, 1.165) is 24.1 Å². The van der Waals surface area contributed by atoms with Crippen LogP contribution in [0.25, 0.3) is 0 Å². The molecule has 180 valence electrons. The molecule has 2 fully saturated rings. The van der Waals surface area contributed by atoms with Crippen molar-refractivity contribution in [3.8, 4) is 0 Å². The molecule has 1 aromatic carbocycles. The molecular weight excluding hydrogens is 406 g/mol. The van der Waals surface area contributed by atoms with E-state index in [9.17, 15) is 14.4 Å². The second kappa shape index (κ2) is 13.9. The van der Waals surface area contributed by atoms with Crippen LogP contribution in [0, 0.1) is 6.92 Å². The molecule has 1 N–H and O–H groups in total. The molecule has 2 heterocycles. The molecule has 3 amide bonds. The van der Waals surface area contributed by atoms with E-state index >= 15 is 0 Å². The lowest BCUT2D eigenvalue weighted by Gasteiger charge is -2.53. The number of benzene rings is 1. The number of likely N-dealkylation sites (N-methyl/N-ethyl adjacent to an activating group) is 1. The molecule has 0 spiro atoms. The van der Waals surface area contributed by atoms with Crippen LogP contribution in [-0.2, 0) is 20.9 Å². The van der Waals surface area contributed by atoms with Gasteiger partial charge in [-0.2, -0.15) is 0 Å². The summed E-state index contributed by atoms with van der Waals surface area (Å²) in [5.74, 6) is -0.213. The first-order valence-corrected chi connectivity index (χ1v) is 11.5. The lowest BCUT2D eigenvalue weighted by atomic mass is 10.0. The standard InChI is InChI=1S/C17H22N4O3.C4H11N.C3H8/c1-12-6-4-5-7-14(12)8-19-9-15-20(11-22)18(3)10-16(23)21(15)13(2)17(19)24;1-3-4-5-2;1-3-2/h4-7,11,13,15H,8-10H2,1-3H3;5H,3-4H2,1-2H3;3H2,1-2H3/t13-,15?;;/m0../s1. The Labute approximate surface area is 193 Å². The number of hydrogen-bond donors (Lipinski definition) is 1. The maximum Gasteiger partial charge on any atom is 0.245 e. The minimum Gasteiger partial charge on any atom is -0.333 e. The molecule has 8 nitrogen and oxygen atoms in total. The molecule has 32 heavy (non-hydrogen) atoms. The van der Waals surface area contributed by atoms with Crippen LogP contribution in [0.3, 0.4) is 0 Å². The fourth-order valence-electron chi connectivity index (χ4n) is 3.73. The third-order valence-corrected chi connectivity index (χ3v) is 5.37. The van der Waals surface area contributed by atoms with Crippen LogP contribution in [0.2, 0.25) is 0 Å². The van der Waals surface area contributed by atoms with Crippen LogP contribution in [0.1, 0.15) is 51.7 Å². The summed E-state index contributed by atoms with van der Waals surface area (Å²) >= 11 is 0. The van der Waals surface area contributed by atoms with E-state index in [1.165, 1.54) is 22.8 Å². The Morgan fingerprint density at radius 1 is 1.16 bits per heavy atom. The second-order valence-electron chi connectivity index (χ2n) is 8.21. The first kappa shape index (κ1) is 27.6. The maximum atomic E-state index is 12.7. The van der Waals surface area contributed by atoms with Gasteiger partial charge in [-0.3, -0.25) is 19.4 Å². The first-order valence-electron chi connectivity index (χ1n) is 11.5. The van der Waals surface area contributed by atoms with Gasteiger partial charge in [-0.25, -0.2) is 5.01 Å². The predicted octanol–water partition coefficient (Wildman–Crippen LogP) is 2.23. The second-order valence-corrected chi connectivity index (χ2v) is 8.21. The molecular formula is C24H41N5O3. The van der Waals surface area contributed by atoms with Crippen LogP contribution in [-0.4, -0.2) is 84.0 Å². The number of rotatable bonds is 5. The number of nitrogens with zero attached hydrogens (tertiary/aromatic N) is 4. The molecule has 0 bridgehead atoms. The lowest BCUT2D eigenvalue weighted by Crippen LogP contribution is -2.73. The normalized spacial score (nSPS) is 20.7. The summed E-state index contributed by atoms with van der Waals surface area (Å²) in [4.78, 5) is 39.8. The van der Waals surface area contributed by atoms with Crippen molar-refractivity contribution in [2.45, 2.75) is 66.2 Å². The maximum absolute atomic E-state index is 12.7. The SMILES string of the molecule is CCC.CCCNC.Cc1ccccc1CN1CC2N(C(=O)CN(C)N2C=O)[C@@H](C)C1=O. The quantitative estimate of drug-likeness (QED) is 0.701. The van der Waals surface area contributed by atoms with Crippen LogP contribution in [0.5, 0.6) is 0 Å². The summed E-state index contributed by atoms with van der Waals surface area (Å²) in [5.41, 5.74) is 2.18. The summed E-state index contributed by atoms with van der Waals surface area (Å²) in [6.07, 6.45) is 2.75. The zero-order chi connectivity index (χ0) is 24.3. The fourth-order valence-corrected chi connectivity index (χ4v) is 3.73. The molecule has 3 rings (SSSR count). The van der Waals surface area contributed by atoms with Crippen molar-refractivity contribution in [3.05, 3.63) is 35.4 Å². The van der Waals surface area contributed by atoms with Gasteiger partial charge in [0.15, 0.2) is 0 Å². The molecule has 1 aromatic rings. The van der Waals surface area contributed by atoms with Crippen LogP contribution in [0.15, 0.2) is 24.3 Å². The molecule has 2 atom stereocenters. The number of aryl methyl sites for hydroxylation is 1. The van der Waals surface area contributed by atoms with Crippen molar-refractivity contribution in [2.75, 3.05) is 33.7 Å². The molecule has 1 unspecified atom stereocenters. The van der Waals surface area contributed by atoms with Crippen LogP contribution < -0.4 is 5.32 Å². The van der Waals surface area contributed by atoms with Gasteiger partial charge in [0.05, 0.1) is 13.1 Å². The number of hydrogen-bond acceptors (Lipinski definition) is 5. The highest BCUT2D eigenvalue weighted by atomic mass is 16.2. The summed E-state index contributed by atoms with van der Waals surface area (Å²) in [6.45, 7) is 12.2. The highest BCUT2D eigenvalue weighted by Gasteiger charge is 2.47. The Morgan fingerprint density at radius 2 is 1.78 bits per heavy atom. The van der Waals surface area contributed by atoms with Crippen molar-refractivity contribution >= 4 is 18.2 Å². The number of carbonyl (C=O) groups is 3. The highest BCUT2D eigenvalue weighted by Crippen LogP contribution is 2.25. The van der Waals surface area contributed by atoms with Crippen LogP contribution >= 0.6 is 0 Å². The Bertz CT molecular complexity index is 740. The Hall–Kier alpha value is -2.45. The molecule has 2 saturated heterocycles. The van der Waals surface area contributed by atoms with E-state index < -0.39 is 12.2 Å². The van der Waals surface area contributed by atoms with E-state index in [0.29, 0.717) is 13.1 Å². The number of fused-ring (bicyclic) bond motifs is 1. The molecule has 2 aliphatic rings. The molecule has 0 aliphatic carbocycles. The smallest absolute Gasteiger partial charge is 0.245 e. The average Bonchev–Trinajstić information content (AvgIpc) is 2.75. The van der Waals surface area contributed by atoms with Gasteiger partial charge in [0, 0.05) is 13.6 Å². The third kappa shape index (κ3) is 7.03. The summed E-state index contributed by atoms with van der Waals surface area (Å²) in [7, 11) is 3.67. The minimum absolute atomic E-state index is 0.0849. The Morgan fingerprint density at radius 3 is 2.28 bits per heavy atom. The van der Waals surface area contributed by atoms with E-state index in [2.05, 4.69) is 26.1 Å². The fraction of sp³-hybridized carbons (Fsp3) is 0.625. The predicted molar refractivity (Wildman–Crippen MR) is 127 cm³/mol. The van der Waals surface area contributed by atoms with Gasteiger partial charge in [0.1, 0.15) is 12.2 Å². The zero-order valence-electron chi connectivity index (χ0n) is 20.8. The van der Waals surface area contributed by atoms with E-state index in [-0.39, 0.29) is 18.4 Å². The van der Waals surface area contributed by atoms with E-state index in [1.807, 2.05) is 38.2 Å². The topological polar surface area (TPSA) is 76.2 Å².